The van der Waals surface area contributed by atoms with Gasteiger partial charge in [0.05, 0.1) is 6.26 Å². The minimum absolute atomic E-state index is 0.554. The molecule has 15 heavy (non-hydrogen) atoms. The second kappa shape index (κ2) is 4.39. The molecule has 6 heteroatoms. The molecule has 0 aromatic carbocycles. The summed E-state index contributed by atoms with van der Waals surface area (Å²) in [5.41, 5.74) is 0. The topological polar surface area (TPSA) is 69.9 Å². The van der Waals surface area contributed by atoms with Crippen molar-refractivity contribution in [2.24, 2.45) is 0 Å². The van der Waals surface area contributed by atoms with Crippen LogP contribution in [-0.2, 0) is 0 Å². The smallest absolute Gasteiger partial charge is 0.218 e. The van der Waals surface area contributed by atoms with Crippen LogP contribution in [0.25, 0.3) is 11.6 Å². The number of furan rings is 1. The number of rotatable bonds is 4. The molecule has 5 nitrogen and oxygen atoms in total. The molecular weight excluding hydrogens is 212 g/mol. The molecule has 0 radical (unpaired) electrons. The van der Waals surface area contributed by atoms with Crippen LogP contribution >= 0.6 is 11.8 Å². The van der Waals surface area contributed by atoms with Gasteiger partial charge in [0, 0.05) is 5.75 Å². The molecule has 2 heterocycles. The van der Waals surface area contributed by atoms with E-state index in [0.717, 1.165) is 12.2 Å². The average molecular weight is 224 g/mol. The largest absolute Gasteiger partial charge is 0.461 e. The number of nitrogens with two attached hydrogens (primary N) is 1. The van der Waals surface area contributed by atoms with Crippen molar-refractivity contribution in [3.63, 3.8) is 0 Å². The molecule has 0 spiro atoms. The summed E-state index contributed by atoms with van der Waals surface area (Å²) < 4.78 is 6.66. The van der Waals surface area contributed by atoms with E-state index in [2.05, 4.69) is 17.1 Å². The van der Waals surface area contributed by atoms with Crippen molar-refractivity contribution < 1.29 is 4.42 Å². The Morgan fingerprint density at radius 2 is 2.40 bits per heavy atom. The molecule has 0 aliphatic carbocycles. The maximum Gasteiger partial charge on any atom is 0.218 e. The summed E-state index contributed by atoms with van der Waals surface area (Å²) in [6.07, 6.45) is 2.66. The molecule has 2 N–H and O–H groups in total. The first-order valence-corrected chi connectivity index (χ1v) is 5.68. The van der Waals surface area contributed by atoms with Crippen LogP contribution in [0, 0.1) is 0 Å². The maximum absolute atomic E-state index is 5.85. The summed E-state index contributed by atoms with van der Waals surface area (Å²) in [6, 6.07) is 3.60. The lowest BCUT2D eigenvalue weighted by atomic mass is 10.4. The molecular formula is C9H12N4OS. The Balaban J connectivity index is 2.24. The zero-order valence-corrected chi connectivity index (χ0v) is 9.20. The second-order valence-corrected chi connectivity index (χ2v) is 4.06. The summed E-state index contributed by atoms with van der Waals surface area (Å²) in [6.45, 7) is 2.11. The number of thioether (sulfide) groups is 1. The van der Waals surface area contributed by atoms with Gasteiger partial charge in [0.2, 0.25) is 11.0 Å². The summed E-state index contributed by atoms with van der Waals surface area (Å²) in [4.78, 5) is 0. The Labute approximate surface area is 91.6 Å². The van der Waals surface area contributed by atoms with Gasteiger partial charge in [-0.25, -0.2) is 4.68 Å². The monoisotopic (exact) mass is 224 g/mol. The fourth-order valence-corrected chi connectivity index (χ4v) is 1.85. The summed E-state index contributed by atoms with van der Waals surface area (Å²) in [5.74, 6) is 8.01. The Kier molecular flexibility index (Phi) is 2.96. The highest BCUT2D eigenvalue weighted by atomic mass is 32.2. The predicted octanol–water partition coefficient (Wildman–Crippen LogP) is 1.75. The van der Waals surface area contributed by atoms with Crippen molar-refractivity contribution in [1.82, 2.24) is 14.9 Å². The summed E-state index contributed by atoms with van der Waals surface area (Å²) in [7, 11) is 0. The molecule has 2 rings (SSSR count). The van der Waals surface area contributed by atoms with Crippen LogP contribution in [0.3, 0.4) is 0 Å². The van der Waals surface area contributed by atoms with E-state index in [-0.39, 0.29) is 0 Å². The fraction of sp³-hybridized carbons (Fsp3) is 0.333. The van der Waals surface area contributed by atoms with E-state index in [0.29, 0.717) is 16.7 Å². The van der Waals surface area contributed by atoms with Gasteiger partial charge in [-0.15, -0.1) is 10.2 Å². The average Bonchev–Trinajstić information content (AvgIpc) is 2.84. The summed E-state index contributed by atoms with van der Waals surface area (Å²) >= 11 is 1.59. The van der Waals surface area contributed by atoms with Crippen LogP contribution in [0.15, 0.2) is 28.0 Å². The highest BCUT2D eigenvalue weighted by Gasteiger charge is 2.13. The highest BCUT2D eigenvalue weighted by molar-refractivity contribution is 7.99. The van der Waals surface area contributed by atoms with Gasteiger partial charge in [-0.3, -0.25) is 0 Å². The van der Waals surface area contributed by atoms with Gasteiger partial charge in [-0.2, -0.15) is 0 Å². The van der Waals surface area contributed by atoms with Crippen LogP contribution in [-0.4, -0.2) is 20.6 Å². The third-order valence-corrected chi connectivity index (χ3v) is 2.99. The molecule has 0 unspecified atom stereocenters. The first kappa shape index (κ1) is 10.1. The SMILES string of the molecule is CCCSc1nnc(-c2ccco2)n1N. The third-order valence-electron chi connectivity index (χ3n) is 1.84. The van der Waals surface area contributed by atoms with E-state index in [1.165, 1.54) is 4.68 Å². The van der Waals surface area contributed by atoms with Gasteiger partial charge < -0.3 is 10.3 Å². The number of nitrogen functional groups attached to an aromatic ring is 1. The van der Waals surface area contributed by atoms with Crippen LogP contribution in [0.5, 0.6) is 0 Å². The van der Waals surface area contributed by atoms with Crippen molar-refractivity contribution >= 4 is 11.8 Å². The van der Waals surface area contributed by atoms with Gasteiger partial charge in [-0.05, 0) is 18.6 Å². The van der Waals surface area contributed by atoms with E-state index in [1.54, 1.807) is 24.1 Å². The third kappa shape index (κ3) is 1.99. The zero-order valence-electron chi connectivity index (χ0n) is 8.38. The van der Waals surface area contributed by atoms with Gasteiger partial charge in [0.15, 0.2) is 5.76 Å². The lowest BCUT2D eigenvalue weighted by Gasteiger charge is -2.00. The van der Waals surface area contributed by atoms with Gasteiger partial charge in [0.1, 0.15) is 0 Å². The van der Waals surface area contributed by atoms with E-state index >= 15 is 0 Å². The standard InChI is InChI=1S/C9H12N4OS/c1-2-6-15-9-12-11-8(13(9)10)7-4-3-5-14-7/h3-5H,2,6,10H2,1H3. The Bertz CT molecular complexity index is 423. The predicted molar refractivity (Wildman–Crippen MR) is 58.9 cm³/mol. The Morgan fingerprint density at radius 3 is 3.07 bits per heavy atom. The molecule has 0 fully saturated rings. The number of hydrogen-bond acceptors (Lipinski definition) is 5. The van der Waals surface area contributed by atoms with E-state index < -0.39 is 0 Å². The number of aromatic nitrogens is 3. The van der Waals surface area contributed by atoms with E-state index in [1.807, 2.05) is 6.07 Å². The molecule has 0 saturated carbocycles. The minimum Gasteiger partial charge on any atom is -0.461 e. The molecule has 0 atom stereocenters. The first-order chi connectivity index (χ1) is 7.33. The number of hydrogen-bond donors (Lipinski definition) is 1. The Hall–Kier alpha value is -1.43. The van der Waals surface area contributed by atoms with Gasteiger partial charge in [-0.1, -0.05) is 18.7 Å². The van der Waals surface area contributed by atoms with Gasteiger partial charge >= 0.3 is 0 Å². The van der Waals surface area contributed by atoms with Crippen molar-refractivity contribution in [3.05, 3.63) is 18.4 Å². The molecule has 0 aliphatic rings. The van der Waals surface area contributed by atoms with E-state index in [9.17, 15) is 0 Å². The maximum atomic E-state index is 5.85. The Morgan fingerprint density at radius 1 is 1.53 bits per heavy atom. The molecule has 0 amide bonds. The van der Waals surface area contributed by atoms with E-state index in [4.69, 9.17) is 10.3 Å². The van der Waals surface area contributed by atoms with Crippen LogP contribution in [0.1, 0.15) is 13.3 Å². The summed E-state index contributed by atoms with van der Waals surface area (Å²) in [5, 5.41) is 8.70. The lowest BCUT2D eigenvalue weighted by Crippen LogP contribution is -2.11. The molecule has 80 valence electrons. The molecule has 2 aromatic rings. The second-order valence-electron chi connectivity index (χ2n) is 3.00. The van der Waals surface area contributed by atoms with Crippen molar-refractivity contribution in [2.75, 3.05) is 11.6 Å². The molecule has 0 aliphatic heterocycles. The lowest BCUT2D eigenvalue weighted by molar-refractivity contribution is 0.574. The highest BCUT2D eigenvalue weighted by Crippen LogP contribution is 2.21. The fourth-order valence-electron chi connectivity index (χ4n) is 1.14. The first-order valence-electron chi connectivity index (χ1n) is 4.70. The van der Waals surface area contributed by atoms with Crippen molar-refractivity contribution in [3.8, 4) is 11.6 Å². The zero-order chi connectivity index (χ0) is 10.7. The van der Waals surface area contributed by atoms with Crippen LogP contribution < -0.4 is 5.84 Å². The van der Waals surface area contributed by atoms with Gasteiger partial charge in [0.25, 0.3) is 0 Å². The quantitative estimate of drug-likeness (QED) is 0.633. The van der Waals surface area contributed by atoms with Crippen molar-refractivity contribution in [2.45, 2.75) is 18.5 Å². The van der Waals surface area contributed by atoms with Crippen LogP contribution in [0.4, 0.5) is 0 Å². The minimum atomic E-state index is 0.554. The molecule has 0 saturated heterocycles. The normalized spacial score (nSPS) is 10.7. The van der Waals surface area contributed by atoms with Crippen LogP contribution in [0.2, 0.25) is 0 Å². The molecule has 0 bridgehead atoms. The number of nitrogens with zero attached hydrogens (tertiary/aromatic N) is 3. The van der Waals surface area contributed by atoms with Crippen molar-refractivity contribution in [1.29, 1.82) is 0 Å². The molecule has 2 aromatic heterocycles.